The summed E-state index contributed by atoms with van der Waals surface area (Å²) in [7, 11) is -3.73. The monoisotopic (exact) mass is 272 g/mol. The molecule has 0 heterocycles. The molecule has 0 radical (unpaired) electrons. The summed E-state index contributed by atoms with van der Waals surface area (Å²) >= 11 is 0. The van der Waals surface area contributed by atoms with E-state index in [1.54, 1.807) is 0 Å². The molecule has 0 aliphatic carbocycles. The number of rotatable bonds is 6. The third-order valence-corrected chi connectivity index (χ3v) is 3.24. The summed E-state index contributed by atoms with van der Waals surface area (Å²) < 4.78 is 22.0. The van der Waals surface area contributed by atoms with Gasteiger partial charge in [-0.1, -0.05) is 0 Å². The normalized spacial score (nSPS) is 11.2. The van der Waals surface area contributed by atoms with Crippen LogP contribution in [0.3, 0.4) is 0 Å². The van der Waals surface area contributed by atoms with Crippen molar-refractivity contribution in [1.29, 1.82) is 0 Å². The fourth-order valence-corrected chi connectivity index (χ4v) is 1.85. The van der Waals surface area contributed by atoms with E-state index in [1.165, 1.54) is 24.3 Å². The molecule has 0 unspecified atom stereocenters. The zero-order chi connectivity index (χ0) is 13.6. The lowest BCUT2D eigenvalue weighted by Gasteiger charge is -2.05. The van der Waals surface area contributed by atoms with Gasteiger partial charge in [-0.15, -0.1) is 0 Å². The Hall–Kier alpha value is -1.44. The number of primary sulfonamides is 1. The molecule has 1 amide bonds. The number of carbonyl (C=O) groups excluding carboxylic acids is 1. The van der Waals surface area contributed by atoms with Gasteiger partial charge in [0.05, 0.1) is 4.90 Å². The van der Waals surface area contributed by atoms with Crippen molar-refractivity contribution in [2.75, 3.05) is 13.2 Å². The Labute approximate surface area is 106 Å². The summed E-state index contributed by atoms with van der Waals surface area (Å²) in [5, 5.41) is 16.2. The number of sulfonamides is 1. The molecule has 18 heavy (non-hydrogen) atoms. The Morgan fingerprint density at radius 2 is 1.83 bits per heavy atom. The van der Waals surface area contributed by atoms with Gasteiger partial charge >= 0.3 is 0 Å². The molecule has 6 nitrogen and oxygen atoms in total. The standard InChI is InChI=1S/C11H16N2O4S/c12-18(16,17)10-5-3-9(4-6-10)11(15)13-7-1-2-8-14/h3-6,14H,1-2,7-8H2,(H,13,15)(H2,12,16,17). The van der Waals surface area contributed by atoms with E-state index in [-0.39, 0.29) is 17.4 Å². The molecule has 1 rings (SSSR count). The molecule has 0 aliphatic heterocycles. The van der Waals surface area contributed by atoms with Gasteiger partial charge in [0.2, 0.25) is 10.0 Å². The van der Waals surface area contributed by atoms with Crippen LogP contribution in [0.1, 0.15) is 23.2 Å². The topological polar surface area (TPSA) is 109 Å². The maximum atomic E-state index is 11.6. The van der Waals surface area contributed by atoms with E-state index < -0.39 is 10.0 Å². The SMILES string of the molecule is NS(=O)(=O)c1ccc(C(=O)NCCCCO)cc1. The first-order valence-corrected chi connectivity index (χ1v) is 7.01. The van der Waals surface area contributed by atoms with E-state index >= 15 is 0 Å². The second kappa shape index (κ2) is 6.48. The number of benzene rings is 1. The molecule has 0 aliphatic rings. The first-order valence-electron chi connectivity index (χ1n) is 5.47. The maximum absolute atomic E-state index is 11.6. The van der Waals surface area contributed by atoms with Crippen LogP contribution in [-0.2, 0) is 10.0 Å². The van der Waals surface area contributed by atoms with Gasteiger partial charge in [0.15, 0.2) is 0 Å². The molecule has 1 aromatic carbocycles. The molecule has 1 aromatic rings. The van der Waals surface area contributed by atoms with Crippen LogP contribution < -0.4 is 10.5 Å². The van der Waals surface area contributed by atoms with Crippen molar-refractivity contribution in [3.8, 4) is 0 Å². The van der Waals surface area contributed by atoms with Gasteiger partial charge < -0.3 is 10.4 Å². The highest BCUT2D eigenvalue weighted by molar-refractivity contribution is 7.89. The number of unbranched alkanes of at least 4 members (excludes halogenated alkanes) is 1. The van der Waals surface area contributed by atoms with Gasteiger partial charge in [-0.25, -0.2) is 13.6 Å². The van der Waals surface area contributed by atoms with Crippen molar-refractivity contribution in [2.45, 2.75) is 17.7 Å². The van der Waals surface area contributed by atoms with Gasteiger partial charge in [-0.05, 0) is 37.1 Å². The van der Waals surface area contributed by atoms with E-state index in [9.17, 15) is 13.2 Å². The van der Waals surface area contributed by atoms with Crippen molar-refractivity contribution >= 4 is 15.9 Å². The summed E-state index contributed by atoms with van der Waals surface area (Å²) in [5.41, 5.74) is 0.367. The Kier molecular flexibility index (Phi) is 5.26. The average Bonchev–Trinajstić information content (AvgIpc) is 2.33. The first-order chi connectivity index (χ1) is 8.45. The number of nitrogens with two attached hydrogens (primary N) is 1. The van der Waals surface area contributed by atoms with Crippen LogP contribution in [0.25, 0.3) is 0 Å². The first kappa shape index (κ1) is 14.6. The fraction of sp³-hybridized carbons (Fsp3) is 0.364. The number of amides is 1. The van der Waals surface area contributed by atoms with Gasteiger partial charge in [-0.2, -0.15) is 0 Å². The molecular weight excluding hydrogens is 256 g/mol. The number of hydrogen-bond donors (Lipinski definition) is 3. The predicted octanol–water partition coefficient (Wildman–Crippen LogP) is -0.164. The number of hydrogen-bond acceptors (Lipinski definition) is 4. The zero-order valence-corrected chi connectivity index (χ0v) is 10.6. The minimum atomic E-state index is -3.73. The van der Waals surface area contributed by atoms with Crippen LogP contribution >= 0.6 is 0 Å². The Balaban J connectivity index is 2.60. The molecule has 0 aromatic heterocycles. The summed E-state index contributed by atoms with van der Waals surface area (Å²) in [6, 6.07) is 5.39. The highest BCUT2D eigenvalue weighted by Crippen LogP contribution is 2.08. The largest absolute Gasteiger partial charge is 0.396 e. The lowest BCUT2D eigenvalue weighted by molar-refractivity contribution is 0.0952. The van der Waals surface area contributed by atoms with Crippen molar-refractivity contribution in [3.63, 3.8) is 0 Å². The van der Waals surface area contributed by atoms with Crippen LogP contribution in [0.2, 0.25) is 0 Å². The average molecular weight is 272 g/mol. The van der Waals surface area contributed by atoms with Crippen LogP contribution in [0.4, 0.5) is 0 Å². The molecule has 7 heteroatoms. The van der Waals surface area contributed by atoms with E-state index in [2.05, 4.69) is 5.32 Å². The lowest BCUT2D eigenvalue weighted by Crippen LogP contribution is -2.24. The Morgan fingerprint density at radius 1 is 1.22 bits per heavy atom. The third kappa shape index (κ3) is 4.44. The second-order valence-corrected chi connectivity index (χ2v) is 5.32. The van der Waals surface area contributed by atoms with Crippen LogP contribution in [-0.4, -0.2) is 32.6 Å². The number of aliphatic hydroxyl groups excluding tert-OH is 1. The lowest BCUT2D eigenvalue weighted by atomic mass is 10.2. The highest BCUT2D eigenvalue weighted by Gasteiger charge is 2.09. The zero-order valence-electron chi connectivity index (χ0n) is 9.80. The second-order valence-electron chi connectivity index (χ2n) is 3.76. The molecule has 0 saturated heterocycles. The van der Waals surface area contributed by atoms with Gasteiger partial charge in [0, 0.05) is 18.7 Å². The summed E-state index contributed by atoms with van der Waals surface area (Å²) in [4.78, 5) is 11.6. The van der Waals surface area contributed by atoms with E-state index in [0.29, 0.717) is 24.9 Å². The maximum Gasteiger partial charge on any atom is 0.251 e. The van der Waals surface area contributed by atoms with Crippen LogP contribution in [0.5, 0.6) is 0 Å². The molecule has 4 N–H and O–H groups in total. The molecule has 0 spiro atoms. The van der Waals surface area contributed by atoms with E-state index in [4.69, 9.17) is 10.2 Å². The Bertz CT molecular complexity index is 496. The molecule has 0 fully saturated rings. The van der Waals surface area contributed by atoms with Crippen molar-refractivity contribution < 1.29 is 18.3 Å². The third-order valence-electron chi connectivity index (χ3n) is 2.32. The minimum Gasteiger partial charge on any atom is -0.396 e. The van der Waals surface area contributed by atoms with Crippen LogP contribution in [0.15, 0.2) is 29.2 Å². The smallest absolute Gasteiger partial charge is 0.251 e. The minimum absolute atomic E-state index is 0.0284. The predicted molar refractivity (Wildman–Crippen MR) is 66.5 cm³/mol. The van der Waals surface area contributed by atoms with Crippen molar-refractivity contribution in [1.82, 2.24) is 5.32 Å². The van der Waals surface area contributed by atoms with E-state index in [0.717, 1.165) is 0 Å². The molecular formula is C11H16N2O4S. The summed E-state index contributed by atoms with van der Waals surface area (Å²) in [6.45, 7) is 0.565. The number of carbonyl (C=O) groups is 1. The van der Waals surface area contributed by atoms with Crippen LogP contribution in [0, 0.1) is 0 Å². The quantitative estimate of drug-likeness (QED) is 0.625. The Morgan fingerprint density at radius 3 is 2.33 bits per heavy atom. The summed E-state index contributed by atoms with van der Waals surface area (Å²) in [6.07, 6.45) is 1.32. The fourth-order valence-electron chi connectivity index (χ4n) is 1.34. The molecule has 0 atom stereocenters. The number of nitrogens with one attached hydrogen (secondary N) is 1. The molecule has 0 saturated carbocycles. The molecule has 0 bridgehead atoms. The van der Waals surface area contributed by atoms with Gasteiger partial charge in [0.1, 0.15) is 0 Å². The van der Waals surface area contributed by atoms with Gasteiger partial charge in [-0.3, -0.25) is 4.79 Å². The van der Waals surface area contributed by atoms with E-state index in [1.807, 2.05) is 0 Å². The highest BCUT2D eigenvalue weighted by atomic mass is 32.2. The summed E-state index contributed by atoms with van der Waals surface area (Å²) in [5.74, 6) is -0.283. The number of aliphatic hydroxyl groups is 1. The molecule has 100 valence electrons. The van der Waals surface area contributed by atoms with Crippen molar-refractivity contribution in [2.24, 2.45) is 5.14 Å². The van der Waals surface area contributed by atoms with Gasteiger partial charge in [0.25, 0.3) is 5.91 Å². The van der Waals surface area contributed by atoms with Crippen molar-refractivity contribution in [3.05, 3.63) is 29.8 Å².